The number of aromatic amines is 1. The first kappa shape index (κ1) is 18.7. The molecule has 0 aliphatic carbocycles. The summed E-state index contributed by atoms with van der Waals surface area (Å²) in [6.45, 7) is 2.95. The number of fused-ring (bicyclic) bond motifs is 1. The number of hydrogen-bond donors (Lipinski definition) is 1. The van der Waals surface area contributed by atoms with Gasteiger partial charge in [-0.05, 0) is 42.4 Å². The molecule has 0 bridgehead atoms. The molecule has 28 heavy (non-hydrogen) atoms. The van der Waals surface area contributed by atoms with Gasteiger partial charge in [0.2, 0.25) is 0 Å². The summed E-state index contributed by atoms with van der Waals surface area (Å²) in [7, 11) is 0. The van der Waals surface area contributed by atoms with E-state index < -0.39 is 13.0 Å². The van der Waals surface area contributed by atoms with Crippen LogP contribution >= 0.6 is 0 Å². The van der Waals surface area contributed by atoms with E-state index >= 15 is 0 Å². The molecule has 1 fully saturated rings. The molecule has 2 aromatic heterocycles. The molecule has 1 N–H and O–H groups in total. The molecule has 0 spiro atoms. The zero-order chi connectivity index (χ0) is 19.7. The van der Waals surface area contributed by atoms with Gasteiger partial charge in [0.25, 0.3) is 12.3 Å². The van der Waals surface area contributed by atoms with E-state index in [4.69, 9.17) is 0 Å². The zero-order valence-corrected chi connectivity index (χ0v) is 15.9. The molecule has 1 amide bonds. The van der Waals surface area contributed by atoms with Crippen LogP contribution in [0.1, 0.15) is 47.3 Å². The summed E-state index contributed by atoms with van der Waals surface area (Å²) in [4.78, 5) is 17.8. The molecule has 1 aliphatic rings. The first-order valence-electron chi connectivity index (χ1n) is 9.76. The van der Waals surface area contributed by atoms with E-state index in [1.807, 2.05) is 0 Å². The number of nitrogens with zero attached hydrogens (tertiary/aromatic N) is 3. The fourth-order valence-electron chi connectivity index (χ4n) is 4.15. The average molecular weight is 386 g/mol. The normalized spacial score (nSPS) is 15.6. The third kappa shape index (κ3) is 3.53. The van der Waals surface area contributed by atoms with Crippen LogP contribution in [0, 0.1) is 0 Å². The number of hydrogen-bond acceptors (Lipinski definition) is 2. The van der Waals surface area contributed by atoms with E-state index in [0.717, 1.165) is 23.9 Å². The van der Waals surface area contributed by atoms with Crippen molar-refractivity contribution in [2.75, 3.05) is 13.1 Å². The first-order chi connectivity index (χ1) is 13.6. The molecule has 3 aromatic rings. The van der Waals surface area contributed by atoms with Gasteiger partial charge in [-0.15, -0.1) is 0 Å². The Morgan fingerprint density at radius 1 is 1.29 bits per heavy atom. The summed E-state index contributed by atoms with van der Waals surface area (Å²) < 4.78 is 26.1. The van der Waals surface area contributed by atoms with E-state index in [9.17, 15) is 13.6 Å². The van der Waals surface area contributed by atoms with Gasteiger partial charge >= 0.3 is 0 Å². The summed E-state index contributed by atoms with van der Waals surface area (Å²) in [6.07, 6.45) is 3.81. The van der Waals surface area contributed by atoms with E-state index in [-0.39, 0.29) is 11.6 Å². The molecular formula is C21H24F2N4O. The molecule has 0 atom stereocenters. The molecule has 148 valence electrons. The van der Waals surface area contributed by atoms with Gasteiger partial charge < -0.3 is 9.88 Å². The third-order valence-corrected chi connectivity index (χ3v) is 5.62. The van der Waals surface area contributed by atoms with Gasteiger partial charge in [0, 0.05) is 36.4 Å². The molecule has 1 aliphatic heterocycles. The fourth-order valence-corrected chi connectivity index (χ4v) is 4.15. The number of nitrogens with one attached hydrogen (secondary N) is 1. The van der Waals surface area contributed by atoms with Gasteiger partial charge in [-0.25, -0.2) is 8.78 Å². The maximum Gasteiger partial charge on any atom is 0.274 e. The number of alkyl halides is 2. The summed E-state index contributed by atoms with van der Waals surface area (Å²) in [5.41, 5.74) is 4.08. The Hall–Kier alpha value is -2.70. The number of amides is 1. The number of aromatic nitrogens is 3. The van der Waals surface area contributed by atoms with Crippen molar-refractivity contribution in [1.29, 1.82) is 0 Å². The van der Waals surface area contributed by atoms with Gasteiger partial charge in [-0.3, -0.25) is 9.48 Å². The van der Waals surface area contributed by atoms with Crippen LogP contribution < -0.4 is 0 Å². The highest BCUT2D eigenvalue weighted by Crippen LogP contribution is 2.34. The number of rotatable bonds is 5. The molecule has 0 saturated carbocycles. The number of likely N-dealkylation sites (tertiary alicyclic amines) is 1. The van der Waals surface area contributed by atoms with Crippen molar-refractivity contribution in [3.63, 3.8) is 0 Å². The number of carbonyl (C=O) groups excluding carboxylic acids is 1. The van der Waals surface area contributed by atoms with Crippen LogP contribution in [-0.2, 0) is 13.0 Å². The van der Waals surface area contributed by atoms with Crippen LogP contribution in [-0.4, -0.2) is 45.1 Å². The number of aryl methyl sites for hydroxylation is 1. The number of benzene rings is 1. The Kier molecular flexibility index (Phi) is 5.15. The maximum absolute atomic E-state index is 12.6. The quantitative estimate of drug-likeness (QED) is 0.714. The lowest BCUT2D eigenvalue weighted by Crippen LogP contribution is -2.38. The van der Waals surface area contributed by atoms with Gasteiger partial charge in [0.1, 0.15) is 12.2 Å². The van der Waals surface area contributed by atoms with Gasteiger partial charge in [-0.2, -0.15) is 5.10 Å². The number of piperidine rings is 1. The highest BCUT2D eigenvalue weighted by Gasteiger charge is 2.27. The minimum Gasteiger partial charge on any atom is -0.361 e. The summed E-state index contributed by atoms with van der Waals surface area (Å²) in [5, 5.41) is 5.27. The highest BCUT2D eigenvalue weighted by atomic mass is 19.3. The molecule has 0 radical (unpaired) electrons. The van der Waals surface area contributed by atoms with Crippen molar-refractivity contribution in [2.24, 2.45) is 0 Å². The monoisotopic (exact) mass is 386 g/mol. The molecule has 5 nitrogen and oxygen atoms in total. The van der Waals surface area contributed by atoms with E-state index in [1.54, 1.807) is 4.90 Å². The number of para-hydroxylation sites is 1. The third-order valence-electron chi connectivity index (χ3n) is 5.62. The molecule has 0 unspecified atom stereocenters. The topological polar surface area (TPSA) is 53.9 Å². The second-order valence-corrected chi connectivity index (χ2v) is 7.32. The summed E-state index contributed by atoms with van der Waals surface area (Å²) >= 11 is 0. The van der Waals surface area contributed by atoms with E-state index in [2.05, 4.69) is 41.4 Å². The van der Waals surface area contributed by atoms with Crippen LogP contribution in [0.5, 0.6) is 0 Å². The molecular weight excluding hydrogens is 362 g/mol. The lowest BCUT2D eigenvalue weighted by molar-refractivity contribution is 0.0703. The standard InChI is InChI=1S/C21H24F2N4O/c1-2-14-4-3-5-16-17(12-24-20(14)16)15-6-9-26(10-7-15)21(28)18-8-11-27(25-18)13-19(22)23/h3-5,8,11-12,15,19,24H,2,6-7,9-10,13H2,1H3. The molecule has 7 heteroatoms. The Bertz CT molecular complexity index is 970. The van der Waals surface area contributed by atoms with Crippen molar-refractivity contribution in [3.8, 4) is 0 Å². The van der Waals surface area contributed by atoms with Gasteiger partial charge in [0.05, 0.1) is 0 Å². The van der Waals surface area contributed by atoms with Crippen molar-refractivity contribution in [3.05, 3.63) is 53.5 Å². The Labute approximate surface area is 162 Å². The molecule has 3 heterocycles. The number of halogens is 2. The molecule has 4 rings (SSSR count). The van der Waals surface area contributed by atoms with Crippen molar-refractivity contribution in [2.45, 2.75) is 45.1 Å². The van der Waals surface area contributed by atoms with Crippen molar-refractivity contribution >= 4 is 16.8 Å². The van der Waals surface area contributed by atoms with Crippen LogP contribution in [0.25, 0.3) is 10.9 Å². The van der Waals surface area contributed by atoms with E-state index in [0.29, 0.717) is 19.0 Å². The minimum atomic E-state index is -2.48. The SMILES string of the molecule is CCc1cccc2c(C3CCN(C(=O)c4ccn(CC(F)F)n4)CC3)c[nH]c12. The number of H-pyrrole nitrogens is 1. The summed E-state index contributed by atoms with van der Waals surface area (Å²) in [6, 6.07) is 7.93. The maximum atomic E-state index is 12.6. The lowest BCUT2D eigenvalue weighted by Gasteiger charge is -2.31. The first-order valence-corrected chi connectivity index (χ1v) is 9.76. The minimum absolute atomic E-state index is 0.182. The van der Waals surface area contributed by atoms with Crippen LogP contribution in [0.15, 0.2) is 36.7 Å². The van der Waals surface area contributed by atoms with Gasteiger partial charge in [-0.1, -0.05) is 25.1 Å². The Morgan fingerprint density at radius 3 is 2.79 bits per heavy atom. The largest absolute Gasteiger partial charge is 0.361 e. The molecule has 1 saturated heterocycles. The number of carbonyl (C=O) groups is 1. The molecule has 1 aromatic carbocycles. The highest BCUT2D eigenvalue weighted by molar-refractivity contribution is 5.92. The predicted molar refractivity (Wildman–Crippen MR) is 104 cm³/mol. The Balaban J connectivity index is 1.43. The Morgan fingerprint density at radius 2 is 2.07 bits per heavy atom. The van der Waals surface area contributed by atoms with Crippen LogP contribution in [0.3, 0.4) is 0 Å². The summed E-state index contributed by atoms with van der Waals surface area (Å²) in [5.74, 6) is 0.222. The van der Waals surface area contributed by atoms with Gasteiger partial charge in [0.15, 0.2) is 0 Å². The predicted octanol–water partition coefficient (Wildman–Crippen LogP) is 4.21. The van der Waals surface area contributed by atoms with Crippen LogP contribution in [0.2, 0.25) is 0 Å². The second kappa shape index (κ2) is 7.73. The van der Waals surface area contributed by atoms with E-state index in [1.165, 1.54) is 34.3 Å². The van der Waals surface area contributed by atoms with Crippen molar-refractivity contribution < 1.29 is 13.6 Å². The van der Waals surface area contributed by atoms with Crippen molar-refractivity contribution in [1.82, 2.24) is 19.7 Å². The fraction of sp³-hybridized carbons (Fsp3) is 0.429. The second-order valence-electron chi connectivity index (χ2n) is 7.32. The average Bonchev–Trinajstić information content (AvgIpc) is 3.34. The smallest absolute Gasteiger partial charge is 0.274 e. The zero-order valence-electron chi connectivity index (χ0n) is 15.9. The van der Waals surface area contributed by atoms with Crippen LogP contribution in [0.4, 0.5) is 8.78 Å². The lowest BCUT2D eigenvalue weighted by atomic mass is 9.88.